The van der Waals surface area contributed by atoms with Gasteiger partial charge in [0.05, 0.1) is 13.2 Å². The minimum Gasteiger partial charge on any atom is -0.462 e. The van der Waals surface area contributed by atoms with Crippen LogP contribution in [0.15, 0.2) is 0 Å². The second-order valence-corrected chi connectivity index (χ2v) is 16.7. The molecule has 0 aromatic carbocycles. The molecule has 3 N–H and O–H groups in total. The van der Waals surface area contributed by atoms with E-state index in [9.17, 15) is 19.0 Å². The summed E-state index contributed by atoms with van der Waals surface area (Å²) in [6, 6.07) is 0. The van der Waals surface area contributed by atoms with Gasteiger partial charge in [-0.15, -0.1) is 0 Å². The van der Waals surface area contributed by atoms with E-state index in [0.717, 1.165) is 32.1 Å². The van der Waals surface area contributed by atoms with E-state index < -0.39 is 26.5 Å². The molecule has 0 aliphatic heterocycles. The lowest BCUT2D eigenvalue weighted by molar-refractivity contribution is -0.161. The van der Waals surface area contributed by atoms with Crippen molar-refractivity contribution in [2.75, 3.05) is 26.4 Å². The quantitative estimate of drug-likeness (QED) is 0.0352. The predicted molar refractivity (Wildman–Crippen MR) is 220 cm³/mol. The Balaban J connectivity index is 4.01. The van der Waals surface area contributed by atoms with Crippen molar-refractivity contribution in [3.8, 4) is 0 Å². The van der Waals surface area contributed by atoms with Crippen LogP contribution in [0.2, 0.25) is 0 Å². The average Bonchev–Trinajstić information content (AvgIpc) is 3.14. The Bertz CT molecular complexity index is 845. The molecule has 0 saturated heterocycles. The highest BCUT2D eigenvalue weighted by molar-refractivity contribution is 7.47. The minimum atomic E-state index is -4.37. The van der Waals surface area contributed by atoms with E-state index in [4.69, 9.17) is 24.3 Å². The van der Waals surface area contributed by atoms with Crippen LogP contribution >= 0.6 is 7.82 Å². The Kier molecular flexibility index (Phi) is 39.9. The summed E-state index contributed by atoms with van der Waals surface area (Å²) in [6.45, 7) is 3.77. The van der Waals surface area contributed by atoms with Crippen molar-refractivity contribution in [2.24, 2.45) is 5.73 Å². The van der Waals surface area contributed by atoms with Gasteiger partial charge in [-0.25, -0.2) is 4.57 Å². The summed E-state index contributed by atoms with van der Waals surface area (Å²) in [7, 11) is -4.37. The fraction of sp³-hybridized carbons (Fsp3) is 0.953. The van der Waals surface area contributed by atoms with Crippen molar-refractivity contribution >= 4 is 19.8 Å². The number of carbonyl (C=O) groups excluding carboxylic acids is 2. The van der Waals surface area contributed by atoms with Gasteiger partial charge in [-0.1, -0.05) is 206 Å². The second kappa shape index (κ2) is 40.7. The maximum absolute atomic E-state index is 12.6. The van der Waals surface area contributed by atoms with Gasteiger partial charge in [0.2, 0.25) is 0 Å². The maximum atomic E-state index is 12.6. The molecule has 2 unspecified atom stereocenters. The summed E-state index contributed by atoms with van der Waals surface area (Å²) >= 11 is 0. The number of ether oxygens (including phenoxy) is 2. The van der Waals surface area contributed by atoms with E-state index in [0.29, 0.717) is 6.42 Å². The van der Waals surface area contributed by atoms with Gasteiger partial charge in [-0.05, 0) is 12.8 Å². The number of rotatable bonds is 43. The van der Waals surface area contributed by atoms with Gasteiger partial charge < -0.3 is 20.1 Å². The Morgan fingerprint density at radius 2 is 0.811 bits per heavy atom. The largest absolute Gasteiger partial charge is 0.472 e. The first kappa shape index (κ1) is 52.0. The summed E-state index contributed by atoms with van der Waals surface area (Å²) in [5.41, 5.74) is 5.35. The molecule has 0 radical (unpaired) electrons. The molecule has 0 aromatic rings. The van der Waals surface area contributed by atoms with Crippen molar-refractivity contribution < 1.29 is 37.6 Å². The van der Waals surface area contributed by atoms with Crippen LogP contribution in [0, 0.1) is 0 Å². The number of nitrogens with two attached hydrogens (primary N) is 1. The maximum Gasteiger partial charge on any atom is 0.472 e. The lowest BCUT2D eigenvalue weighted by Gasteiger charge is -2.19. The van der Waals surface area contributed by atoms with Crippen LogP contribution in [-0.4, -0.2) is 49.3 Å². The SMILES string of the molecule is CCCCCCCCCCCCCCCCCCCCCCCC(=O)OC(COC(=O)CCCCCCCCCCCCC)COP(=O)(O)OCCN. The smallest absolute Gasteiger partial charge is 0.462 e. The highest BCUT2D eigenvalue weighted by Gasteiger charge is 2.26. The molecule has 10 heteroatoms. The van der Waals surface area contributed by atoms with Gasteiger partial charge in [0.1, 0.15) is 6.61 Å². The molecule has 0 heterocycles. The Hall–Kier alpha value is -0.990. The zero-order valence-electron chi connectivity index (χ0n) is 34.8. The molecule has 9 nitrogen and oxygen atoms in total. The van der Waals surface area contributed by atoms with E-state index in [1.54, 1.807) is 0 Å². The molecule has 0 aromatic heterocycles. The zero-order valence-corrected chi connectivity index (χ0v) is 35.7. The van der Waals surface area contributed by atoms with Crippen LogP contribution in [0.5, 0.6) is 0 Å². The van der Waals surface area contributed by atoms with Crippen molar-refractivity contribution in [1.82, 2.24) is 0 Å². The summed E-state index contributed by atoms with van der Waals surface area (Å²) in [5, 5.41) is 0. The van der Waals surface area contributed by atoms with Crippen molar-refractivity contribution in [2.45, 2.75) is 238 Å². The van der Waals surface area contributed by atoms with Crippen LogP contribution in [-0.2, 0) is 32.7 Å². The number of hydrogen-bond donors (Lipinski definition) is 2. The fourth-order valence-corrected chi connectivity index (χ4v) is 7.40. The van der Waals surface area contributed by atoms with Gasteiger partial charge in [-0.3, -0.25) is 18.6 Å². The van der Waals surface area contributed by atoms with E-state index in [1.165, 1.54) is 167 Å². The Labute approximate surface area is 327 Å². The van der Waals surface area contributed by atoms with E-state index in [-0.39, 0.29) is 38.6 Å². The molecular formula is C43H86NO8P. The predicted octanol–water partition coefficient (Wildman–Crippen LogP) is 12.8. The number of carbonyl (C=O) groups is 2. The molecule has 0 amide bonds. The van der Waals surface area contributed by atoms with E-state index >= 15 is 0 Å². The van der Waals surface area contributed by atoms with Crippen molar-refractivity contribution in [1.29, 1.82) is 0 Å². The van der Waals surface area contributed by atoms with Gasteiger partial charge in [0, 0.05) is 19.4 Å². The summed E-state index contributed by atoms with van der Waals surface area (Å²) in [4.78, 5) is 34.8. The Morgan fingerprint density at radius 1 is 0.491 bits per heavy atom. The lowest BCUT2D eigenvalue weighted by atomic mass is 10.0. The molecule has 0 rings (SSSR count). The topological polar surface area (TPSA) is 134 Å². The third kappa shape index (κ3) is 40.5. The first-order valence-electron chi connectivity index (χ1n) is 22.5. The first-order valence-corrected chi connectivity index (χ1v) is 24.0. The molecule has 2 atom stereocenters. The average molecular weight is 776 g/mol. The monoisotopic (exact) mass is 776 g/mol. The summed E-state index contributed by atoms with van der Waals surface area (Å²) in [6.07, 6.45) is 40.0. The number of esters is 2. The van der Waals surface area contributed by atoms with Crippen LogP contribution in [0.1, 0.15) is 232 Å². The number of unbranched alkanes of at least 4 members (excludes halogenated alkanes) is 30. The molecule has 0 spiro atoms. The van der Waals surface area contributed by atoms with Crippen molar-refractivity contribution in [3.05, 3.63) is 0 Å². The zero-order chi connectivity index (χ0) is 38.9. The van der Waals surface area contributed by atoms with Crippen LogP contribution in [0.25, 0.3) is 0 Å². The first-order chi connectivity index (χ1) is 25.8. The van der Waals surface area contributed by atoms with Gasteiger partial charge in [0.25, 0.3) is 0 Å². The van der Waals surface area contributed by atoms with E-state index in [1.807, 2.05) is 0 Å². The standard InChI is InChI=1S/C43H86NO8P/c1-3-5-7-9-11-13-15-16-17-18-19-20-21-22-23-24-26-28-30-32-34-36-43(46)52-41(40-51-53(47,48)50-38-37-44)39-49-42(45)35-33-31-29-27-25-14-12-10-8-6-4-2/h41H,3-40,44H2,1-2H3,(H,47,48). The molecule has 0 fully saturated rings. The third-order valence-corrected chi connectivity index (χ3v) is 11.0. The molecule has 0 aliphatic carbocycles. The summed E-state index contributed by atoms with van der Waals surface area (Å²) in [5.74, 6) is -0.814. The normalized spacial score (nSPS) is 13.2. The Morgan fingerprint density at radius 3 is 1.15 bits per heavy atom. The second-order valence-electron chi connectivity index (χ2n) is 15.3. The molecular weight excluding hydrogens is 689 g/mol. The highest BCUT2D eigenvalue weighted by Crippen LogP contribution is 2.43. The molecule has 0 saturated carbocycles. The third-order valence-electron chi connectivity index (χ3n) is 9.99. The number of phosphoric acid groups is 1. The molecule has 0 bridgehead atoms. The fourth-order valence-electron chi connectivity index (χ4n) is 6.64. The highest BCUT2D eigenvalue weighted by atomic mass is 31.2. The van der Waals surface area contributed by atoms with Gasteiger partial charge >= 0.3 is 19.8 Å². The van der Waals surface area contributed by atoms with Crippen LogP contribution < -0.4 is 5.73 Å². The molecule has 0 aliphatic rings. The van der Waals surface area contributed by atoms with E-state index in [2.05, 4.69) is 13.8 Å². The number of phosphoric ester groups is 1. The van der Waals surface area contributed by atoms with Gasteiger partial charge in [-0.2, -0.15) is 0 Å². The minimum absolute atomic E-state index is 0.0580. The van der Waals surface area contributed by atoms with Crippen molar-refractivity contribution in [3.63, 3.8) is 0 Å². The number of hydrogen-bond acceptors (Lipinski definition) is 8. The van der Waals surface area contributed by atoms with Crippen LogP contribution in [0.3, 0.4) is 0 Å². The molecule has 53 heavy (non-hydrogen) atoms. The van der Waals surface area contributed by atoms with Gasteiger partial charge in [0.15, 0.2) is 6.10 Å². The van der Waals surface area contributed by atoms with Crippen LogP contribution in [0.4, 0.5) is 0 Å². The summed E-state index contributed by atoms with van der Waals surface area (Å²) < 4.78 is 32.8. The lowest BCUT2D eigenvalue weighted by Crippen LogP contribution is -2.29. The molecule has 316 valence electrons.